The second kappa shape index (κ2) is 10.6. The topological polar surface area (TPSA) is 84.9 Å². The van der Waals surface area contributed by atoms with Crippen LogP contribution in [-0.4, -0.2) is 52.0 Å². The summed E-state index contributed by atoms with van der Waals surface area (Å²) in [5.74, 6) is -0.442. The average molecular weight is 460 g/mol. The molecule has 0 bridgehead atoms. The molecule has 0 aliphatic carbocycles. The van der Waals surface area contributed by atoms with Crippen LogP contribution in [0.1, 0.15) is 12.5 Å². The lowest BCUT2D eigenvalue weighted by Crippen LogP contribution is -2.38. The zero-order chi connectivity index (χ0) is 23.1. The highest BCUT2D eigenvalue weighted by Crippen LogP contribution is 2.34. The van der Waals surface area contributed by atoms with E-state index in [1.807, 2.05) is 0 Å². The van der Waals surface area contributed by atoms with E-state index < -0.39 is 39.9 Å². The smallest absolute Gasteiger partial charge is 0.418 e. The van der Waals surface area contributed by atoms with Crippen LogP contribution in [0.5, 0.6) is 5.75 Å². The molecule has 0 aromatic heterocycles. The molecule has 0 atom stereocenters. The molecular formula is C20H23F3N2O5S. The van der Waals surface area contributed by atoms with Gasteiger partial charge in [0.2, 0.25) is 15.9 Å². The number of amides is 1. The van der Waals surface area contributed by atoms with Gasteiger partial charge in [0.1, 0.15) is 12.4 Å². The molecule has 1 amide bonds. The molecule has 0 aliphatic heterocycles. The summed E-state index contributed by atoms with van der Waals surface area (Å²) >= 11 is 0. The van der Waals surface area contributed by atoms with Crippen molar-refractivity contribution in [1.29, 1.82) is 0 Å². The van der Waals surface area contributed by atoms with Gasteiger partial charge in [0.05, 0.1) is 29.3 Å². The Hall–Kier alpha value is -2.63. The van der Waals surface area contributed by atoms with E-state index in [1.165, 1.54) is 50.4 Å². The zero-order valence-corrected chi connectivity index (χ0v) is 17.8. The number of benzene rings is 2. The summed E-state index contributed by atoms with van der Waals surface area (Å²) in [7, 11) is -2.52. The first kappa shape index (κ1) is 24.6. The number of para-hydroxylation sites is 1. The Balaban J connectivity index is 2.12. The summed E-state index contributed by atoms with van der Waals surface area (Å²) < 4.78 is 76.1. The van der Waals surface area contributed by atoms with Crippen molar-refractivity contribution in [2.75, 3.05) is 38.7 Å². The van der Waals surface area contributed by atoms with Gasteiger partial charge < -0.3 is 14.8 Å². The standard InChI is InChI=1S/C20H23F3N2O5S/c1-3-25(14-19(26)24-18-7-5-4-6-17(18)20(21,22)23)31(27,28)16-10-8-15(9-11-16)30-13-12-29-2/h4-11H,3,12-14H2,1-2H3,(H,24,26). The molecular weight excluding hydrogens is 437 g/mol. The van der Waals surface area contributed by atoms with E-state index in [0.717, 1.165) is 16.4 Å². The van der Waals surface area contributed by atoms with Crippen LogP contribution < -0.4 is 10.1 Å². The predicted molar refractivity (Wildman–Crippen MR) is 108 cm³/mol. The number of halogens is 3. The number of rotatable bonds is 10. The average Bonchev–Trinajstić information content (AvgIpc) is 2.72. The SMILES string of the molecule is CCN(CC(=O)Nc1ccccc1C(F)(F)F)S(=O)(=O)c1ccc(OCCOC)cc1. The number of anilines is 1. The van der Waals surface area contributed by atoms with Crippen molar-refractivity contribution in [1.82, 2.24) is 4.31 Å². The third-order valence-corrected chi connectivity index (χ3v) is 6.13. The predicted octanol–water partition coefficient (Wildman–Crippen LogP) is 3.38. The minimum absolute atomic E-state index is 0.0528. The maximum absolute atomic E-state index is 13.1. The number of carbonyl (C=O) groups excluding carboxylic acids is 1. The van der Waals surface area contributed by atoms with Crippen LogP contribution in [0.2, 0.25) is 0 Å². The number of nitrogens with one attached hydrogen (secondary N) is 1. The second-order valence-corrected chi connectivity index (χ2v) is 8.27. The summed E-state index contributed by atoms with van der Waals surface area (Å²) in [5, 5.41) is 2.15. The lowest BCUT2D eigenvalue weighted by Gasteiger charge is -2.21. The number of likely N-dealkylation sites (N-methyl/N-ethyl adjacent to an activating group) is 1. The monoisotopic (exact) mass is 460 g/mol. The van der Waals surface area contributed by atoms with Gasteiger partial charge in [-0.25, -0.2) is 8.42 Å². The molecule has 0 unspecified atom stereocenters. The fourth-order valence-corrected chi connectivity index (χ4v) is 4.06. The van der Waals surface area contributed by atoms with E-state index in [4.69, 9.17) is 9.47 Å². The van der Waals surface area contributed by atoms with Crippen molar-refractivity contribution in [2.45, 2.75) is 18.0 Å². The van der Waals surface area contributed by atoms with E-state index in [-0.39, 0.29) is 11.4 Å². The van der Waals surface area contributed by atoms with Crippen molar-refractivity contribution in [3.05, 3.63) is 54.1 Å². The van der Waals surface area contributed by atoms with E-state index in [9.17, 15) is 26.4 Å². The van der Waals surface area contributed by atoms with E-state index >= 15 is 0 Å². The Morgan fingerprint density at radius 2 is 1.71 bits per heavy atom. The first-order valence-corrected chi connectivity index (χ1v) is 10.7. The minimum Gasteiger partial charge on any atom is -0.491 e. The first-order valence-electron chi connectivity index (χ1n) is 9.27. The van der Waals surface area contributed by atoms with Crippen LogP contribution in [0.15, 0.2) is 53.4 Å². The number of nitrogens with zero attached hydrogens (tertiary/aromatic N) is 1. The first-order chi connectivity index (χ1) is 14.6. The van der Waals surface area contributed by atoms with Crippen LogP contribution in [0.25, 0.3) is 0 Å². The number of alkyl halides is 3. The largest absolute Gasteiger partial charge is 0.491 e. The molecule has 1 N–H and O–H groups in total. The van der Waals surface area contributed by atoms with E-state index in [2.05, 4.69) is 5.32 Å². The normalized spacial score (nSPS) is 12.1. The summed E-state index contributed by atoms with van der Waals surface area (Å²) in [4.78, 5) is 12.3. The van der Waals surface area contributed by atoms with Crippen LogP contribution in [-0.2, 0) is 25.7 Å². The third-order valence-electron chi connectivity index (χ3n) is 4.20. The molecule has 11 heteroatoms. The van der Waals surface area contributed by atoms with Crippen molar-refractivity contribution < 1.29 is 35.9 Å². The maximum Gasteiger partial charge on any atom is 0.418 e. The van der Waals surface area contributed by atoms with Crippen LogP contribution in [0.3, 0.4) is 0 Å². The molecule has 0 aliphatic rings. The van der Waals surface area contributed by atoms with E-state index in [0.29, 0.717) is 19.0 Å². The van der Waals surface area contributed by atoms with Crippen molar-refractivity contribution in [3.8, 4) is 5.75 Å². The molecule has 0 fully saturated rings. The molecule has 0 spiro atoms. The Labute approximate surface area is 178 Å². The number of hydrogen-bond donors (Lipinski definition) is 1. The number of sulfonamides is 1. The second-order valence-electron chi connectivity index (χ2n) is 6.34. The van der Waals surface area contributed by atoms with Gasteiger partial charge in [-0.1, -0.05) is 19.1 Å². The van der Waals surface area contributed by atoms with E-state index in [1.54, 1.807) is 0 Å². The van der Waals surface area contributed by atoms with Gasteiger partial charge in [-0.3, -0.25) is 4.79 Å². The quantitative estimate of drug-likeness (QED) is 0.550. The lowest BCUT2D eigenvalue weighted by atomic mass is 10.1. The Morgan fingerprint density at radius 1 is 1.06 bits per heavy atom. The Kier molecular flexibility index (Phi) is 8.43. The number of methoxy groups -OCH3 is 1. The Morgan fingerprint density at radius 3 is 2.29 bits per heavy atom. The van der Waals surface area contributed by atoms with Crippen molar-refractivity contribution >= 4 is 21.6 Å². The number of hydrogen-bond acceptors (Lipinski definition) is 5. The van der Waals surface area contributed by atoms with Gasteiger partial charge in [-0.05, 0) is 36.4 Å². The summed E-state index contributed by atoms with van der Waals surface area (Å²) in [6.07, 6.45) is -4.66. The van der Waals surface area contributed by atoms with Crippen molar-refractivity contribution in [3.63, 3.8) is 0 Å². The maximum atomic E-state index is 13.1. The number of carbonyl (C=O) groups is 1. The molecule has 0 saturated heterocycles. The molecule has 7 nitrogen and oxygen atoms in total. The van der Waals surface area contributed by atoms with Crippen LogP contribution in [0, 0.1) is 0 Å². The highest BCUT2D eigenvalue weighted by atomic mass is 32.2. The molecule has 0 radical (unpaired) electrons. The number of ether oxygens (including phenoxy) is 2. The summed E-state index contributed by atoms with van der Waals surface area (Å²) in [6.45, 7) is 1.50. The molecule has 0 heterocycles. The molecule has 2 aromatic carbocycles. The molecule has 170 valence electrons. The fraction of sp³-hybridized carbons (Fsp3) is 0.350. The van der Waals surface area contributed by atoms with Crippen LogP contribution in [0.4, 0.5) is 18.9 Å². The molecule has 2 rings (SSSR count). The van der Waals surface area contributed by atoms with Gasteiger partial charge in [0, 0.05) is 13.7 Å². The summed E-state index contributed by atoms with van der Waals surface area (Å²) in [6, 6.07) is 10.1. The van der Waals surface area contributed by atoms with Crippen molar-refractivity contribution in [2.24, 2.45) is 0 Å². The van der Waals surface area contributed by atoms with Gasteiger partial charge in [0.15, 0.2) is 0 Å². The highest BCUT2D eigenvalue weighted by Gasteiger charge is 2.34. The Bertz CT molecular complexity index is 979. The molecule has 31 heavy (non-hydrogen) atoms. The zero-order valence-electron chi connectivity index (χ0n) is 17.0. The van der Waals surface area contributed by atoms with Gasteiger partial charge >= 0.3 is 6.18 Å². The minimum atomic E-state index is -4.66. The van der Waals surface area contributed by atoms with Gasteiger partial charge in [-0.15, -0.1) is 0 Å². The van der Waals surface area contributed by atoms with Crippen LogP contribution >= 0.6 is 0 Å². The summed E-state index contributed by atoms with van der Waals surface area (Å²) in [5.41, 5.74) is -1.45. The third kappa shape index (κ3) is 6.68. The molecule has 2 aromatic rings. The molecule has 0 saturated carbocycles. The van der Waals surface area contributed by atoms with Gasteiger partial charge in [0.25, 0.3) is 0 Å². The lowest BCUT2D eigenvalue weighted by molar-refractivity contribution is -0.137. The fourth-order valence-electron chi connectivity index (χ4n) is 2.66. The highest BCUT2D eigenvalue weighted by molar-refractivity contribution is 7.89. The van der Waals surface area contributed by atoms with Gasteiger partial charge in [-0.2, -0.15) is 17.5 Å².